The van der Waals surface area contributed by atoms with Gasteiger partial charge < -0.3 is 14.9 Å². The number of carbonyl (C=O) groups excluding carboxylic acids is 4. The van der Waals surface area contributed by atoms with Gasteiger partial charge in [-0.15, -0.1) is 0 Å². The van der Waals surface area contributed by atoms with Gasteiger partial charge in [0.2, 0.25) is 5.54 Å². The van der Waals surface area contributed by atoms with Crippen LogP contribution in [0.2, 0.25) is 0 Å². The van der Waals surface area contributed by atoms with Crippen molar-refractivity contribution in [3.63, 3.8) is 0 Å². The van der Waals surface area contributed by atoms with Gasteiger partial charge in [0.05, 0.1) is 16.8 Å². The second-order valence-electron chi connectivity index (χ2n) is 9.39. The fourth-order valence-corrected chi connectivity index (χ4v) is 5.07. The van der Waals surface area contributed by atoms with Crippen LogP contribution in [0.15, 0.2) is 71.5 Å². The zero-order valence-corrected chi connectivity index (χ0v) is 18.5. The fourth-order valence-electron chi connectivity index (χ4n) is 5.07. The molecule has 0 saturated carbocycles. The van der Waals surface area contributed by atoms with Gasteiger partial charge in [-0.1, -0.05) is 56.3 Å². The minimum absolute atomic E-state index is 0.0423. The summed E-state index contributed by atoms with van der Waals surface area (Å²) < 4.78 is 5.56. The van der Waals surface area contributed by atoms with E-state index in [0.717, 1.165) is 4.90 Å². The average Bonchev–Trinajstić information content (AvgIpc) is 3.18. The normalized spacial score (nSPS) is 25.2. The molecule has 1 fully saturated rings. The Morgan fingerprint density at radius 3 is 2.26 bits per heavy atom. The second kappa shape index (κ2) is 7.15. The number of ketones is 2. The van der Waals surface area contributed by atoms with E-state index in [2.05, 4.69) is 0 Å². The van der Waals surface area contributed by atoms with E-state index < -0.39 is 45.7 Å². The molecule has 0 bridgehead atoms. The van der Waals surface area contributed by atoms with Crippen LogP contribution in [-0.4, -0.2) is 39.2 Å². The van der Waals surface area contributed by atoms with E-state index in [-0.39, 0.29) is 41.2 Å². The van der Waals surface area contributed by atoms with Gasteiger partial charge in [-0.3, -0.25) is 19.3 Å². The SMILES string of the molecule is CC1(C)CC(=O)C2=C(C1)OC(=O)C21/C(=C(\O)c2ccccc2)C(=O)C(=O)N1c1ccccc1O. The summed E-state index contributed by atoms with van der Waals surface area (Å²) in [4.78, 5) is 54.7. The van der Waals surface area contributed by atoms with Gasteiger partial charge in [0.15, 0.2) is 5.78 Å². The number of anilines is 1. The molecule has 8 nitrogen and oxygen atoms in total. The van der Waals surface area contributed by atoms with E-state index in [4.69, 9.17) is 4.74 Å². The van der Waals surface area contributed by atoms with Gasteiger partial charge in [-0.25, -0.2) is 4.79 Å². The maximum absolute atomic E-state index is 13.7. The van der Waals surface area contributed by atoms with Crippen molar-refractivity contribution in [2.45, 2.75) is 32.2 Å². The number of phenolic OH excluding ortho intramolecular Hbond substituents is 1. The van der Waals surface area contributed by atoms with E-state index in [1.165, 1.54) is 36.4 Å². The summed E-state index contributed by atoms with van der Waals surface area (Å²) in [7, 11) is 0. The van der Waals surface area contributed by atoms with Gasteiger partial charge in [-0.05, 0) is 17.5 Å². The number of rotatable bonds is 2. The first-order valence-corrected chi connectivity index (χ1v) is 10.7. The molecule has 1 amide bonds. The predicted octanol–water partition coefficient (Wildman–Crippen LogP) is 3.22. The standard InChI is InChI=1S/C26H21NO7/c1-25(2)12-17(29)19-18(13-25)34-24(33)26(19)20(21(30)14-8-4-3-5-9-14)22(31)23(32)27(26)15-10-6-7-11-16(15)28/h3-11,28,30H,12-13H2,1-2H3/b21-20-. The number of ether oxygens (including phenoxy) is 1. The molecule has 2 aliphatic heterocycles. The highest BCUT2D eigenvalue weighted by Gasteiger charge is 2.71. The van der Waals surface area contributed by atoms with Crippen LogP contribution in [0.3, 0.4) is 0 Å². The van der Waals surface area contributed by atoms with Crippen molar-refractivity contribution >= 4 is 34.9 Å². The van der Waals surface area contributed by atoms with Crippen LogP contribution in [0.25, 0.3) is 5.76 Å². The Hall–Kier alpha value is -4.20. The average molecular weight is 459 g/mol. The molecular formula is C26H21NO7. The maximum Gasteiger partial charge on any atom is 0.347 e. The Kier molecular flexibility index (Phi) is 4.55. The second-order valence-corrected chi connectivity index (χ2v) is 9.39. The minimum Gasteiger partial charge on any atom is -0.507 e. The molecular weight excluding hydrogens is 438 g/mol. The molecule has 2 aromatic rings. The number of fused-ring (bicyclic) bond motifs is 1. The van der Waals surface area contributed by atoms with Crippen LogP contribution in [0.4, 0.5) is 5.69 Å². The number of aromatic hydroxyl groups is 1. The van der Waals surface area contributed by atoms with Crippen LogP contribution in [-0.2, 0) is 23.9 Å². The molecule has 2 aromatic carbocycles. The van der Waals surface area contributed by atoms with Crippen LogP contribution in [0, 0.1) is 5.41 Å². The third-order valence-electron chi connectivity index (χ3n) is 6.44. The maximum atomic E-state index is 13.7. The quantitative estimate of drug-likeness (QED) is 0.306. The lowest BCUT2D eigenvalue weighted by Crippen LogP contribution is -2.55. The number of Topliss-reactive ketones (excluding diaryl/α,β-unsaturated/α-hetero) is 2. The Morgan fingerprint density at radius 1 is 0.941 bits per heavy atom. The Labute approximate surface area is 194 Å². The number of esters is 1. The lowest BCUT2D eigenvalue weighted by Gasteiger charge is -2.36. The van der Waals surface area contributed by atoms with Crippen molar-refractivity contribution in [3.05, 3.63) is 77.1 Å². The lowest BCUT2D eigenvalue weighted by atomic mass is 9.70. The van der Waals surface area contributed by atoms with Crippen molar-refractivity contribution in [2.75, 3.05) is 4.90 Å². The van der Waals surface area contributed by atoms with Crippen molar-refractivity contribution in [2.24, 2.45) is 5.41 Å². The van der Waals surface area contributed by atoms with Gasteiger partial charge in [0.1, 0.15) is 17.3 Å². The summed E-state index contributed by atoms with van der Waals surface area (Å²) in [5.41, 5.74) is -3.55. The molecule has 2 heterocycles. The van der Waals surface area contributed by atoms with Crippen LogP contribution < -0.4 is 4.90 Å². The molecule has 1 aliphatic carbocycles. The van der Waals surface area contributed by atoms with Crippen LogP contribution in [0.1, 0.15) is 32.3 Å². The Bertz CT molecular complexity index is 1350. The number of phenols is 1. The first kappa shape index (κ1) is 21.6. The number of aliphatic hydroxyl groups excluding tert-OH is 1. The molecule has 3 aliphatic rings. The van der Waals surface area contributed by atoms with Gasteiger partial charge in [0.25, 0.3) is 5.78 Å². The third-order valence-corrected chi connectivity index (χ3v) is 6.44. The summed E-state index contributed by atoms with van der Waals surface area (Å²) in [6.45, 7) is 3.69. The smallest absolute Gasteiger partial charge is 0.347 e. The number of hydrogen-bond donors (Lipinski definition) is 2. The molecule has 1 spiro atoms. The first-order valence-electron chi connectivity index (χ1n) is 10.7. The molecule has 1 atom stereocenters. The number of benzene rings is 2. The summed E-state index contributed by atoms with van der Waals surface area (Å²) in [6, 6.07) is 13.6. The third kappa shape index (κ3) is 2.78. The number of carbonyl (C=O) groups is 4. The summed E-state index contributed by atoms with van der Waals surface area (Å²) in [5.74, 6) is -4.78. The molecule has 0 aromatic heterocycles. The van der Waals surface area contributed by atoms with Crippen molar-refractivity contribution in [1.29, 1.82) is 0 Å². The number of amides is 1. The number of hydrogen-bond acceptors (Lipinski definition) is 7. The molecule has 1 unspecified atom stereocenters. The van der Waals surface area contributed by atoms with E-state index in [0.29, 0.717) is 0 Å². The number of aliphatic hydroxyl groups is 1. The largest absolute Gasteiger partial charge is 0.507 e. The zero-order chi connectivity index (χ0) is 24.4. The molecule has 8 heteroatoms. The van der Waals surface area contributed by atoms with E-state index in [1.54, 1.807) is 18.2 Å². The number of allylic oxidation sites excluding steroid dienone is 1. The van der Waals surface area contributed by atoms with Gasteiger partial charge in [-0.2, -0.15) is 0 Å². The highest BCUT2D eigenvalue weighted by atomic mass is 16.5. The highest BCUT2D eigenvalue weighted by molar-refractivity contribution is 6.55. The Morgan fingerprint density at radius 2 is 1.59 bits per heavy atom. The molecule has 172 valence electrons. The van der Waals surface area contributed by atoms with E-state index >= 15 is 0 Å². The minimum atomic E-state index is -2.35. The highest BCUT2D eigenvalue weighted by Crippen LogP contribution is 2.55. The number of nitrogens with zero attached hydrogens (tertiary/aromatic N) is 1. The molecule has 1 saturated heterocycles. The van der Waals surface area contributed by atoms with Crippen LogP contribution in [0.5, 0.6) is 5.75 Å². The molecule has 34 heavy (non-hydrogen) atoms. The van der Waals surface area contributed by atoms with E-state index in [9.17, 15) is 29.4 Å². The van der Waals surface area contributed by atoms with E-state index in [1.807, 2.05) is 13.8 Å². The van der Waals surface area contributed by atoms with Crippen molar-refractivity contribution in [3.8, 4) is 5.75 Å². The lowest BCUT2D eigenvalue weighted by molar-refractivity contribution is -0.141. The molecule has 5 rings (SSSR count). The van der Waals surface area contributed by atoms with Gasteiger partial charge >= 0.3 is 11.9 Å². The summed E-state index contributed by atoms with van der Waals surface area (Å²) in [6.07, 6.45) is 0.262. The topological polar surface area (TPSA) is 121 Å². The zero-order valence-electron chi connectivity index (χ0n) is 18.5. The molecule has 2 N–H and O–H groups in total. The summed E-state index contributed by atoms with van der Waals surface area (Å²) >= 11 is 0. The predicted molar refractivity (Wildman–Crippen MR) is 120 cm³/mol. The van der Waals surface area contributed by atoms with Crippen molar-refractivity contribution in [1.82, 2.24) is 0 Å². The van der Waals surface area contributed by atoms with Gasteiger partial charge in [0, 0.05) is 18.4 Å². The number of para-hydroxylation sites is 2. The van der Waals surface area contributed by atoms with Crippen LogP contribution >= 0.6 is 0 Å². The Balaban J connectivity index is 1.90. The molecule has 0 radical (unpaired) electrons. The summed E-state index contributed by atoms with van der Waals surface area (Å²) in [5, 5.41) is 21.8. The first-order chi connectivity index (χ1) is 16.1. The van der Waals surface area contributed by atoms with Crippen molar-refractivity contribution < 1.29 is 34.1 Å². The fraction of sp³-hybridized carbons (Fsp3) is 0.231. The monoisotopic (exact) mass is 459 g/mol.